The Labute approximate surface area is 109 Å². The van der Waals surface area contributed by atoms with Gasteiger partial charge in [-0.1, -0.05) is 6.92 Å². The summed E-state index contributed by atoms with van der Waals surface area (Å²) in [6, 6.07) is 1.96. The zero-order valence-electron chi connectivity index (χ0n) is 11.6. The van der Waals surface area contributed by atoms with E-state index in [2.05, 4.69) is 34.0 Å². The molecule has 5 heteroatoms. The van der Waals surface area contributed by atoms with E-state index >= 15 is 0 Å². The van der Waals surface area contributed by atoms with Crippen LogP contribution < -0.4 is 5.32 Å². The molecule has 0 aliphatic heterocycles. The van der Waals surface area contributed by atoms with Crippen LogP contribution in [-0.2, 0) is 6.54 Å². The average Bonchev–Trinajstić information content (AvgIpc) is 2.34. The van der Waals surface area contributed by atoms with Crippen molar-refractivity contribution in [3.05, 3.63) is 17.6 Å². The maximum Gasteiger partial charge on any atom is 0.144 e. The molecule has 5 nitrogen and oxygen atoms in total. The molecular weight excluding hydrogens is 228 g/mol. The van der Waals surface area contributed by atoms with E-state index in [1.54, 1.807) is 0 Å². The second kappa shape index (κ2) is 8.00. The number of nitrogens with zero attached hydrogens (tertiary/aromatic N) is 3. The molecule has 0 fully saturated rings. The molecule has 1 aromatic rings. The van der Waals surface area contributed by atoms with Gasteiger partial charge in [-0.15, -0.1) is 0 Å². The number of aliphatic hydroxyl groups excluding tert-OH is 1. The van der Waals surface area contributed by atoms with Crippen LogP contribution in [-0.4, -0.2) is 46.2 Å². The SMILES string of the molecule is CCNc1cc(C)nc(CN(CC)CCCO)n1. The molecule has 0 spiro atoms. The van der Waals surface area contributed by atoms with Gasteiger partial charge in [-0.2, -0.15) is 0 Å². The summed E-state index contributed by atoms with van der Waals surface area (Å²) in [6.07, 6.45) is 0.791. The predicted molar refractivity (Wildman–Crippen MR) is 73.6 cm³/mol. The van der Waals surface area contributed by atoms with E-state index in [-0.39, 0.29) is 6.61 Å². The van der Waals surface area contributed by atoms with Crippen LogP contribution in [0.4, 0.5) is 5.82 Å². The number of hydrogen-bond donors (Lipinski definition) is 2. The molecule has 102 valence electrons. The van der Waals surface area contributed by atoms with Gasteiger partial charge in [0.1, 0.15) is 11.6 Å². The van der Waals surface area contributed by atoms with Crippen molar-refractivity contribution in [3.8, 4) is 0 Å². The van der Waals surface area contributed by atoms with Gasteiger partial charge >= 0.3 is 0 Å². The molecule has 1 aromatic heterocycles. The van der Waals surface area contributed by atoms with Crippen molar-refractivity contribution in [3.63, 3.8) is 0 Å². The van der Waals surface area contributed by atoms with Gasteiger partial charge in [-0.3, -0.25) is 4.90 Å². The van der Waals surface area contributed by atoms with Crippen molar-refractivity contribution in [2.75, 3.05) is 31.6 Å². The van der Waals surface area contributed by atoms with Crippen LogP contribution in [0.25, 0.3) is 0 Å². The number of aliphatic hydroxyl groups is 1. The molecule has 0 atom stereocenters. The van der Waals surface area contributed by atoms with E-state index in [9.17, 15) is 0 Å². The molecule has 1 heterocycles. The zero-order valence-corrected chi connectivity index (χ0v) is 11.6. The Balaban J connectivity index is 2.69. The van der Waals surface area contributed by atoms with Gasteiger partial charge in [-0.25, -0.2) is 9.97 Å². The van der Waals surface area contributed by atoms with Gasteiger partial charge in [0.2, 0.25) is 0 Å². The molecule has 0 saturated carbocycles. The Hall–Kier alpha value is -1.20. The Bertz CT molecular complexity index is 357. The van der Waals surface area contributed by atoms with Crippen LogP contribution in [0.1, 0.15) is 31.8 Å². The molecule has 0 aromatic carbocycles. The predicted octanol–water partition coefficient (Wildman–Crippen LogP) is 1.42. The third-order valence-electron chi connectivity index (χ3n) is 2.70. The number of nitrogens with one attached hydrogen (secondary N) is 1. The van der Waals surface area contributed by atoms with Crippen LogP contribution >= 0.6 is 0 Å². The summed E-state index contributed by atoms with van der Waals surface area (Å²) in [6.45, 7) is 9.78. The summed E-state index contributed by atoms with van der Waals surface area (Å²) in [4.78, 5) is 11.2. The molecule has 0 amide bonds. The first-order valence-corrected chi connectivity index (χ1v) is 6.61. The number of anilines is 1. The molecule has 0 bridgehead atoms. The fraction of sp³-hybridized carbons (Fsp3) is 0.692. The monoisotopic (exact) mass is 252 g/mol. The maximum atomic E-state index is 8.87. The van der Waals surface area contributed by atoms with E-state index in [4.69, 9.17) is 5.11 Å². The maximum absolute atomic E-state index is 8.87. The standard InChI is InChI=1S/C13H24N4O/c1-4-14-12-9-11(3)15-13(16-12)10-17(5-2)7-6-8-18/h9,18H,4-8,10H2,1-3H3,(H,14,15,16). The third kappa shape index (κ3) is 4.98. The van der Waals surface area contributed by atoms with E-state index in [1.807, 2.05) is 13.0 Å². The highest BCUT2D eigenvalue weighted by atomic mass is 16.3. The summed E-state index contributed by atoms with van der Waals surface area (Å²) < 4.78 is 0. The third-order valence-corrected chi connectivity index (χ3v) is 2.70. The number of hydrogen-bond acceptors (Lipinski definition) is 5. The van der Waals surface area contributed by atoms with Gasteiger partial charge in [-0.05, 0) is 26.8 Å². The summed E-state index contributed by atoms with van der Waals surface area (Å²) in [5.41, 5.74) is 0.981. The first-order chi connectivity index (χ1) is 8.69. The normalized spacial score (nSPS) is 10.9. The quantitative estimate of drug-likeness (QED) is 0.732. The lowest BCUT2D eigenvalue weighted by Gasteiger charge is -2.19. The van der Waals surface area contributed by atoms with E-state index < -0.39 is 0 Å². The second-order valence-corrected chi connectivity index (χ2v) is 4.29. The van der Waals surface area contributed by atoms with E-state index in [0.29, 0.717) is 0 Å². The van der Waals surface area contributed by atoms with Crippen LogP contribution in [0.2, 0.25) is 0 Å². The Kier molecular flexibility index (Phi) is 6.60. The molecule has 18 heavy (non-hydrogen) atoms. The molecule has 2 N–H and O–H groups in total. The lowest BCUT2D eigenvalue weighted by molar-refractivity contribution is 0.222. The smallest absolute Gasteiger partial charge is 0.144 e. The van der Waals surface area contributed by atoms with Gasteiger partial charge in [0, 0.05) is 31.5 Å². The zero-order chi connectivity index (χ0) is 13.4. The Morgan fingerprint density at radius 3 is 2.72 bits per heavy atom. The molecule has 0 radical (unpaired) electrons. The molecule has 0 unspecified atom stereocenters. The largest absolute Gasteiger partial charge is 0.396 e. The van der Waals surface area contributed by atoms with Crippen molar-refractivity contribution in [2.24, 2.45) is 0 Å². The fourth-order valence-corrected chi connectivity index (χ4v) is 1.82. The number of aromatic nitrogens is 2. The first kappa shape index (κ1) is 14.9. The van der Waals surface area contributed by atoms with Crippen LogP contribution in [0.5, 0.6) is 0 Å². The van der Waals surface area contributed by atoms with Crippen LogP contribution in [0, 0.1) is 6.92 Å². The van der Waals surface area contributed by atoms with Crippen molar-refractivity contribution < 1.29 is 5.11 Å². The van der Waals surface area contributed by atoms with Crippen molar-refractivity contribution in [1.82, 2.24) is 14.9 Å². The minimum Gasteiger partial charge on any atom is -0.396 e. The van der Waals surface area contributed by atoms with Crippen LogP contribution in [0.3, 0.4) is 0 Å². The molecule has 1 rings (SSSR count). The van der Waals surface area contributed by atoms with Crippen molar-refractivity contribution in [1.29, 1.82) is 0 Å². The minimum absolute atomic E-state index is 0.230. The van der Waals surface area contributed by atoms with Gasteiger partial charge in [0.15, 0.2) is 0 Å². The van der Waals surface area contributed by atoms with Crippen LogP contribution in [0.15, 0.2) is 6.07 Å². The number of aryl methyl sites for hydroxylation is 1. The molecule has 0 aliphatic carbocycles. The van der Waals surface area contributed by atoms with Crippen molar-refractivity contribution >= 4 is 5.82 Å². The molecule has 0 aliphatic rings. The molecular formula is C13H24N4O. The topological polar surface area (TPSA) is 61.3 Å². The average molecular weight is 252 g/mol. The summed E-state index contributed by atoms with van der Waals surface area (Å²) >= 11 is 0. The Morgan fingerprint density at radius 2 is 2.11 bits per heavy atom. The lowest BCUT2D eigenvalue weighted by atomic mass is 10.3. The highest BCUT2D eigenvalue weighted by molar-refractivity contribution is 5.35. The van der Waals surface area contributed by atoms with Gasteiger partial charge in [0.05, 0.1) is 6.54 Å². The first-order valence-electron chi connectivity index (χ1n) is 6.61. The summed E-state index contributed by atoms with van der Waals surface area (Å²) in [7, 11) is 0. The van der Waals surface area contributed by atoms with Crippen molar-refractivity contribution in [2.45, 2.75) is 33.7 Å². The number of rotatable bonds is 8. The Morgan fingerprint density at radius 1 is 1.33 bits per heavy atom. The lowest BCUT2D eigenvalue weighted by Crippen LogP contribution is -2.26. The summed E-state index contributed by atoms with van der Waals surface area (Å²) in [5, 5.41) is 12.1. The summed E-state index contributed by atoms with van der Waals surface area (Å²) in [5.74, 6) is 1.73. The highest BCUT2D eigenvalue weighted by Crippen LogP contribution is 2.08. The van der Waals surface area contributed by atoms with E-state index in [0.717, 1.165) is 49.9 Å². The van der Waals surface area contributed by atoms with E-state index in [1.165, 1.54) is 0 Å². The highest BCUT2D eigenvalue weighted by Gasteiger charge is 2.07. The van der Waals surface area contributed by atoms with Gasteiger partial charge < -0.3 is 10.4 Å². The van der Waals surface area contributed by atoms with Gasteiger partial charge in [0.25, 0.3) is 0 Å². The fourth-order valence-electron chi connectivity index (χ4n) is 1.82. The minimum atomic E-state index is 0.230. The molecule has 0 saturated heterocycles. The second-order valence-electron chi connectivity index (χ2n) is 4.29.